The third-order valence-electron chi connectivity index (χ3n) is 4.71. The minimum absolute atomic E-state index is 0. The first-order valence-corrected chi connectivity index (χ1v) is 9.63. The van der Waals surface area contributed by atoms with E-state index in [4.69, 9.17) is 13.9 Å². The molecule has 152 valence electrons. The van der Waals surface area contributed by atoms with Crippen LogP contribution in [0.4, 0.5) is 0 Å². The quantitative estimate of drug-likeness (QED) is 0.281. The van der Waals surface area contributed by atoms with Gasteiger partial charge >= 0.3 is 0 Å². The Labute approximate surface area is 183 Å². The van der Waals surface area contributed by atoms with Gasteiger partial charge in [-0.1, -0.05) is 37.2 Å². The van der Waals surface area contributed by atoms with Gasteiger partial charge < -0.3 is 19.6 Å². The summed E-state index contributed by atoms with van der Waals surface area (Å²) in [6.07, 6.45) is 1.66. The van der Waals surface area contributed by atoms with Gasteiger partial charge in [0.15, 0.2) is 5.96 Å². The van der Waals surface area contributed by atoms with Crippen molar-refractivity contribution in [2.24, 2.45) is 4.99 Å². The summed E-state index contributed by atoms with van der Waals surface area (Å²) in [5.74, 6) is 2.59. The molecule has 0 radical (unpaired) electrons. The number of nitrogens with one attached hydrogen (secondary N) is 2. The van der Waals surface area contributed by atoms with Crippen LogP contribution in [-0.2, 0) is 25.9 Å². The normalized spacial score (nSPS) is 11.5. The highest BCUT2D eigenvalue weighted by molar-refractivity contribution is 14.0. The molecule has 7 heteroatoms. The molecule has 0 aliphatic carbocycles. The minimum Gasteiger partial charge on any atom is -0.459 e. The van der Waals surface area contributed by atoms with E-state index in [1.807, 2.05) is 18.2 Å². The summed E-state index contributed by atoms with van der Waals surface area (Å²) in [6, 6.07) is 8.10. The average molecular weight is 496 g/mol. The minimum atomic E-state index is 0. The smallest absolute Gasteiger partial charge is 0.191 e. The lowest BCUT2D eigenvalue weighted by molar-refractivity contribution is 0.380. The highest BCUT2D eigenvalue weighted by Crippen LogP contribution is 2.24. The molecular formula is C21H29IN4O2. The monoisotopic (exact) mass is 496 g/mol. The molecule has 0 fully saturated rings. The molecule has 0 aliphatic rings. The Morgan fingerprint density at radius 3 is 2.54 bits per heavy atom. The molecule has 0 saturated carbocycles. The van der Waals surface area contributed by atoms with Crippen LogP contribution >= 0.6 is 24.0 Å². The van der Waals surface area contributed by atoms with Crippen molar-refractivity contribution in [3.63, 3.8) is 0 Å². The second-order valence-electron chi connectivity index (χ2n) is 6.43. The van der Waals surface area contributed by atoms with E-state index in [-0.39, 0.29) is 24.0 Å². The van der Waals surface area contributed by atoms with Crippen LogP contribution in [0.5, 0.6) is 0 Å². The van der Waals surface area contributed by atoms with E-state index in [2.05, 4.69) is 49.6 Å². The standard InChI is InChI=1S/C21H28N4O2.HI/c1-5-17-16(18(6-2)27-25-17)12-23-21(22-7-3)24-13-20-14(4)15-10-8-9-11-19(15)26-20;/h8-11H,5-7,12-13H2,1-4H3,(H2,22,23,24);1H. The number of guanidine groups is 1. The summed E-state index contributed by atoms with van der Waals surface area (Å²) in [6.45, 7) is 10.2. The molecule has 0 atom stereocenters. The van der Waals surface area contributed by atoms with Gasteiger partial charge in [-0.2, -0.15) is 0 Å². The number of fused-ring (bicyclic) bond motifs is 1. The Morgan fingerprint density at radius 2 is 1.86 bits per heavy atom. The van der Waals surface area contributed by atoms with E-state index in [0.717, 1.165) is 64.7 Å². The molecule has 3 aromatic rings. The topological polar surface area (TPSA) is 75.6 Å². The van der Waals surface area contributed by atoms with E-state index in [1.165, 1.54) is 0 Å². The van der Waals surface area contributed by atoms with Crippen LogP contribution < -0.4 is 10.6 Å². The summed E-state index contributed by atoms with van der Waals surface area (Å²) >= 11 is 0. The van der Waals surface area contributed by atoms with Crippen LogP contribution in [-0.4, -0.2) is 17.7 Å². The molecule has 2 N–H and O–H groups in total. The number of hydrogen-bond donors (Lipinski definition) is 2. The van der Waals surface area contributed by atoms with Crippen molar-refractivity contribution in [2.45, 2.75) is 53.6 Å². The number of nitrogens with zero attached hydrogens (tertiary/aromatic N) is 2. The molecule has 2 aromatic heterocycles. The first kappa shape index (κ1) is 22.3. The maximum absolute atomic E-state index is 5.98. The summed E-state index contributed by atoms with van der Waals surface area (Å²) in [5.41, 5.74) is 4.16. The molecular weight excluding hydrogens is 467 g/mol. The van der Waals surface area contributed by atoms with Gasteiger partial charge in [-0.15, -0.1) is 24.0 Å². The Kier molecular flexibility index (Phi) is 8.35. The molecule has 6 nitrogen and oxygen atoms in total. The molecule has 28 heavy (non-hydrogen) atoms. The van der Waals surface area contributed by atoms with Gasteiger partial charge in [0, 0.05) is 29.5 Å². The first-order chi connectivity index (χ1) is 13.2. The zero-order valence-corrected chi connectivity index (χ0v) is 19.3. The lowest BCUT2D eigenvalue weighted by Crippen LogP contribution is -2.36. The number of aliphatic imine (C=N–C) groups is 1. The molecule has 3 rings (SSSR count). The molecule has 0 saturated heterocycles. The van der Waals surface area contributed by atoms with E-state index in [9.17, 15) is 0 Å². The summed E-state index contributed by atoms with van der Waals surface area (Å²) in [5, 5.41) is 12.0. The molecule has 0 bridgehead atoms. The van der Waals surface area contributed by atoms with Crippen molar-refractivity contribution in [1.82, 2.24) is 15.8 Å². The number of rotatable bonds is 7. The van der Waals surface area contributed by atoms with Crippen molar-refractivity contribution >= 4 is 40.9 Å². The predicted molar refractivity (Wildman–Crippen MR) is 123 cm³/mol. The number of aromatic nitrogens is 1. The number of benzene rings is 1. The van der Waals surface area contributed by atoms with Gasteiger partial charge in [-0.25, -0.2) is 4.99 Å². The Bertz CT molecular complexity index is 908. The van der Waals surface area contributed by atoms with Gasteiger partial charge in [0.25, 0.3) is 0 Å². The summed E-state index contributed by atoms with van der Waals surface area (Å²) in [7, 11) is 0. The van der Waals surface area contributed by atoms with Crippen molar-refractivity contribution in [2.75, 3.05) is 6.54 Å². The zero-order chi connectivity index (χ0) is 19.2. The van der Waals surface area contributed by atoms with Crippen LogP contribution in [0.15, 0.2) is 38.2 Å². The molecule has 2 heterocycles. The predicted octanol–water partition coefficient (Wildman–Crippen LogP) is 4.73. The number of para-hydroxylation sites is 1. The third-order valence-corrected chi connectivity index (χ3v) is 4.71. The fourth-order valence-corrected chi connectivity index (χ4v) is 3.17. The van der Waals surface area contributed by atoms with Crippen molar-refractivity contribution in [3.8, 4) is 0 Å². The molecule has 0 amide bonds. The highest BCUT2D eigenvalue weighted by atomic mass is 127. The van der Waals surface area contributed by atoms with E-state index in [1.54, 1.807) is 0 Å². The summed E-state index contributed by atoms with van der Waals surface area (Å²) in [4.78, 5) is 4.72. The largest absolute Gasteiger partial charge is 0.459 e. The molecule has 0 spiro atoms. The Balaban J connectivity index is 0.00000280. The number of hydrogen-bond acceptors (Lipinski definition) is 4. The van der Waals surface area contributed by atoms with Gasteiger partial charge in [0.2, 0.25) is 0 Å². The third kappa shape index (κ3) is 4.87. The number of furan rings is 1. The lowest BCUT2D eigenvalue weighted by atomic mass is 10.1. The van der Waals surface area contributed by atoms with E-state index >= 15 is 0 Å². The van der Waals surface area contributed by atoms with E-state index < -0.39 is 0 Å². The molecule has 0 unspecified atom stereocenters. The SMILES string of the molecule is CCNC(=NCc1c(CC)noc1CC)NCc1oc2ccccc2c1C.I. The number of halogens is 1. The highest BCUT2D eigenvalue weighted by Gasteiger charge is 2.14. The van der Waals surface area contributed by atoms with Crippen molar-refractivity contribution in [3.05, 3.63) is 52.6 Å². The van der Waals surface area contributed by atoms with E-state index in [0.29, 0.717) is 13.1 Å². The molecule has 1 aromatic carbocycles. The van der Waals surface area contributed by atoms with Crippen LogP contribution in [0.25, 0.3) is 11.0 Å². The van der Waals surface area contributed by atoms with Gasteiger partial charge in [-0.3, -0.25) is 0 Å². The maximum atomic E-state index is 5.98. The molecule has 0 aliphatic heterocycles. The van der Waals surface area contributed by atoms with Crippen LogP contribution in [0.3, 0.4) is 0 Å². The zero-order valence-electron chi connectivity index (χ0n) is 17.0. The second-order valence-corrected chi connectivity index (χ2v) is 6.43. The fourth-order valence-electron chi connectivity index (χ4n) is 3.17. The Morgan fingerprint density at radius 1 is 1.07 bits per heavy atom. The van der Waals surface area contributed by atoms with Crippen LogP contribution in [0, 0.1) is 6.92 Å². The van der Waals surface area contributed by atoms with Gasteiger partial charge in [0.05, 0.1) is 18.8 Å². The average Bonchev–Trinajstić information content (AvgIpc) is 3.24. The summed E-state index contributed by atoms with van der Waals surface area (Å²) < 4.78 is 11.4. The maximum Gasteiger partial charge on any atom is 0.191 e. The van der Waals surface area contributed by atoms with Crippen LogP contribution in [0.2, 0.25) is 0 Å². The van der Waals surface area contributed by atoms with Crippen LogP contribution in [0.1, 0.15) is 49.1 Å². The van der Waals surface area contributed by atoms with Gasteiger partial charge in [-0.05, 0) is 26.3 Å². The lowest BCUT2D eigenvalue weighted by Gasteiger charge is -2.10. The van der Waals surface area contributed by atoms with Crippen molar-refractivity contribution in [1.29, 1.82) is 0 Å². The Hall–Kier alpha value is -2.03. The first-order valence-electron chi connectivity index (χ1n) is 9.63. The second kappa shape index (κ2) is 10.5. The number of aryl methyl sites for hydroxylation is 3. The fraction of sp³-hybridized carbons (Fsp3) is 0.429. The van der Waals surface area contributed by atoms with Gasteiger partial charge in [0.1, 0.15) is 17.1 Å². The van der Waals surface area contributed by atoms with Crippen molar-refractivity contribution < 1.29 is 8.94 Å².